The van der Waals surface area contributed by atoms with E-state index in [0.717, 1.165) is 16.7 Å². The lowest BCUT2D eigenvalue weighted by Gasteiger charge is -2.23. The van der Waals surface area contributed by atoms with Gasteiger partial charge in [0.2, 0.25) is 0 Å². The van der Waals surface area contributed by atoms with Crippen molar-refractivity contribution in [2.45, 2.75) is 40.4 Å². The quantitative estimate of drug-likeness (QED) is 0.396. The molecule has 0 saturated carbocycles. The Morgan fingerprint density at radius 1 is 0.970 bits per heavy atom. The summed E-state index contributed by atoms with van der Waals surface area (Å²) in [5.74, 6) is -3.54. The van der Waals surface area contributed by atoms with Crippen LogP contribution in [0, 0.1) is 23.6 Å². The molecular weight excluding hydrogens is 429 g/mol. The predicted octanol–water partition coefficient (Wildman–Crippen LogP) is 4.64. The number of ether oxygens (including phenoxy) is 2. The molecule has 0 aliphatic carbocycles. The molecule has 178 valence electrons. The molecule has 0 aromatic heterocycles. The van der Waals surface area contributed by atoms with Crippen LogP contribution in [0.4, 0.5) is 9.18 Å². The fourth-order valence-corrected chi connectivity index (χ4v) is 3.02. The number of hydrogen-bond acceptors (Lipinski definition) is 5. The van der Waals surface area contributed by atoms with Crippen molar-refractivity contribution in [3.05, 3.63) is 59.9 Å². The van der Waals surface area contributed by atoms with Crippen LogP contribution in [0.1, 0.15) is 33.3 Å². The number of carbonyl (C=O) groups excluding carboxylic acids is 2. The zero-order valence-corrected chi connectivity index (χ0v) is 19.2. The van der Waals surface area contributed by atoms with Gasteiger partial charge in [0, 0.05) is 12.5 Å². The summed E-state index contributed by atoms with van der Waals surface area (Å²) in [6.07, 6.45) is -1.82. The Morgan fingerprint density at radius 3 is 2.18 bits per heavy atom. The zero-order valence-electron chi connectivity index (χ0n) is 19.2. The number of rotatable bonds is 10. The number of hydrogen-bond donors (Lipinski definition) is 2. The summed E-state index contributed by atoms with van der Waals surface area (Å²) in [4.78, 5) is 35.9. The summed E-state index contributed by atoms with van der Waals surface area (Å²) in [5.41, 5.74) is 2.29. The number of carboxylic acid groups (broad SMARTS) is 1. The molecule has 0 spiro atoms. The second kappa shape index (κ2) is 12.0. The Morgan fingerprint density at radius 2 is 1.61 bits per heavy atom. The third kappa shape index (κ3) is 7.89. The Bertz CT molecular complexity index is 958. The highest BCUT2D eigenvalue weighted by Gasteiger charge is 2.26. The predicted molar refractivity (Wildman–Crippen MR) is 121 cm³/mol. The molecular formula is C25H30FNO6. The lowest BCUT2D eigenvalue weighted by Crippen LogP contribution is -2.39. The second-order valence-corrected chi connectivity index (χ2v) is 8.39. The highest BCUT2D eigenvalue weighted by atomic mass is 19.1. The molecule has 2 atom stereocenters. The Labute approximate surface area is 192 Å². The maximum Gasteiger partial charge on any atom is 0.410 e. The van der Waals surface area contributed by atoms with Crippen LogP contribution in [0.2, 0.25) is 0 Å². The van der Waals surface area contributed by atoms with Crippen LogP contribution in [0.25, 0.3) is 11.1 Å². The van der Waals surface area contributed by atoms with Gasteiger partial charge in [-0.2, -0.15) is 0 Å². The Hall–Kier alpha value is -3.42. The van der Waals surface area contributed by atoms with E-state index < -0.39 is 30.2 Å². The first-order valence-corrected chi connectivity index (χ1v) is 10.8. The van der Waals surface area contributed by atoms with Crippen molar-refractivity contribution in [1.29, 1.82) is 0 Å². The zero-order chi connectivity index (χ0) is 24.5. The highest BCUT2D eigenvalue weighted by molar-refractivity contribution is 5.75. The van der Waals surface area contributed by atoms with Crippen molar-refractivity contribution in [3.8, 4) is 11.1 Å². The van der Waals surface area contributed by atoms with Crippen LogP contribution < -0.4 is 5.32 Å². The van der Waals surface area contributed by atoms with Crippen molar-refractivity contribution in [2.75, 3.05) is 6.54 Å². The highest BCUT2D eigenvalue weighted by Crippen LogP contribution is 2.26. The molecule has 1 amide bonds. The fourth-order valence-electron chi connectivity index (χ4n) is 3.02. The average molecular weight is 460 g/mol. The van der Waals surface area contributed by atoms with Crippen molar-refractivity contribution in [2.24, 2.45) is 17.8 Å². The normalized spacial score (nSPS) is 12.8. The number of benzene rings is 2. The number of aliphatic carboxylic acids is 1. The summed E-state index contributed by atoms with van der Waals surface area (Å²) in [7, 11) is 0. The first kappa shape index (κ1) is 25.8. The minimum absolute atomic E-state index is 0.138. The standard InChI is InChI=1S/C25H30FNO6/c1-15(2)23(30)32-24(16(3)4)33-25(31)27-14-19(22(28)29)13-18-7-5-6-8-21(18)17-9-11-20(26)12-10-17/h5-12,15-16,19,24H,13-14H2,1-4H3,(H,27,31)(H,28,29)/t19-,24+/m0/s1. The number of nitrogens with one attached hydrogen (secondary N) is 1. The molecule has 2 aromatic carbocycles. The summed E-state index contributed by atoms with van der Waals surface area (Å²) in [6.45, 7) is 6.62. The van der Waals surface area contributed by atoms with Crippen LogP contribution in [0.3, 0.4) is 0 Å². The molecule has 0 heterocycles. The molecule has 0 aliphatic heterocycles. The van der Waals surface area contributed by atoms with Gasteiger partial charge in [0.25, 0.3) is 6.29 Å². The van der Waals surface area contributed by atoms with E-state index in [1.54, 1.807) is 52.0 Å². The van der Waals surface area contributed by atoms with Gasteiger partial charge < -0.3 is 19.9 Å². The first-order valence-electron chi connectivity index (χ1n) is 10.8. The molecule has 2 N–H and O–H groups in total. The van der Waals surface area contributed by atoms with Gasteiger partial charge in [-0.25, -0.2) is 9.18 Å². The van der Waals surface area contributed by atoms with Gasteiger partial charge in [-0.3, -0.25) is 9.59 Å². The summed E-state index contributed by atoms with van der Waals surface area (Å²) >= 11 is 0. The van der Waals surface area contributed by atoms with E-state index in [4.69, 9.17) is 9.47 Å². The van der Waals surface area contributed by atoms with E-state index >= 15 is 0 Å². The minimum atomic E-state index is -1.09. The number of carboxylic acids is 1. The monoisotopic (exact) mass is 459 g/mol. The third-order valence-corrected chi connectivity index (χ3v) is 4.95. The number of halogens is 1. The number of alkyl carbamates (subject to hydrolysis) is 1. The Balaban J connectivity index is 2.06. The summed E-state index contributed by atoms with van der Waals surface area (Å²) in [6, 6.07) is 13.2. The van der Waals surface area contributed by atoms with Gasteiger partial charge in [0.1, 0.15) is 5.82 Å². The lowest BCUT2D eigenvalue weighted by atomic mass is 9.92. The van der Waals surface area contributed by atoms with E-state index in [9.17, 15) is 23.9 Å². The van der Waals surface area contributed by atoms with Crippen molar-refractivity contribution < 1.29 is 33.4 Å². The van der Waals surface area contributed by atoms with Crippen molar-refractivity contribution >= 4 is 18.0 Å². The Kier molecular flexibility index (Phi) is 9.39. The first-order chi connectivity index (χ1) is 15.6. The molecule has 0 unspecified atom stereocenters. The van der Waals surface area contributed by atoms with E-state index in [-0.39, 0.29) is 30.6 Å². The van der Waals surface area contributed by atoms with Crippen LogP contribution in [0.5, 0.6) is 0 Å². The smallest absolute Gasteiger partial charge is 0.410 e. The molecule has 2 aromatic rings. The SMILES string of the molecule is CC(C)C(=O)O[C@H](OC(=O)NC[C@H](Cc1ccccc1-c1ccc(F)cc1)C(=O)O)C(C)C. The largest absolute Gasteiger partial charge is 0.481 e. The van der Waals surface area contributed by atoms with Crippen molar-refractivity contribution in [3.63, 3.8) is 0 Å². The van der Waals surface area contributed by atoms with Gasteiger partial charge in [0.15, 0.2) is 0 Å². The van der Waals surface area contributed by atoms with E-state index in [2.05, 4.69) is 5.32 Å². The molecule has 0 saturated heterocycles. The number of amides is 1. The van der Waals surface area contributed by atoms with E-state index in [1.807, 2.05) is 12.1 Å². The molecule has 0 fully saturated rings. The maximum atomic E-state index is 13.3. The average Bonchev–Trinajstić information content (AvgIpc) is 2.76. The van der Waals surface area contributed by atoms with E-state index in [1.165, 1.54) is 12.1 Å². The van der Waals surface area contributed by atoms with Crippen LogP contribution in [-0.2, 0) is 25.5 Å². The summed E-state index contributed by atoms with van der Waals surface area (Å²) < 4.78 is 23.7. The van der Waals surface area contributed by atoms with Gasteiger partial charge in [0.05, 0.1) is 11.8 Å². The van der Waals surface area contributed by atoms with E-state index in [0.29, 0.717) is 0 Å². The number of esters is 1. The van der Waals surface area contributed by atoms with Gasteiger partial charge in [-0.05, 0) is 35.2 Å². The summed E-state index contributed by atoms with van der Waals surface area (Å²) in [5, 5.41) is 12.1. The number of carbonyl (C=O) groups is 3. The maximum absolute atomic E-state index is 13.3. The molecule has 0 aliphatic rings. The molecule has 8 heteroatoms. The van der Waals surface area contributed by atoms with Gasteiger partial charge in [-0.1, -0.05) is 64.1 Å². The minimum Gasteiger partial charge on any atom is -0.481 e. The van der Waals surface area contributed by atoms with Gasteiger partial charge in [-0.15, -0.1) is 0 Å². The molecule has 0 radical (unpaired) electrons. The molecule has 0 bridgehead atoms. The fraction of sp³-hybridized carbons (Fsp3) is 0.400. The topological polar surface area (TPSA) is 102 Å². The van der Waals surface area contributed by atoms with Crippen LogP contribution in [0.15, 0.2) is 48.5 Å². The van der Waals surface area contributed by atoms with Gasteiger partial charge >= 0.3 is 18.0 Å². The third-order valence-electron chi connectivity index (χ3n) is 4.95. The van der Waals surface area contributed by atoms with Crippen molar-refractivity contribution in [1.82, 2.24) is 5.32 Å². The van der Waals surface area contributed by atoms with Crippen LogP contribution in [-0.4, -0.2) is 36.0 Å². The molecule has 33 heavy (non-hydrogen) atoms. The molecule has 2 rings (SSSR count). The lowest BCUT2D eigenvalue weighted by molar-refractivity contribution is -0.178. The van der Waals surface area contributed by atoms with Crippen LogP contribution >= 0.6 is 0 Å². The second-order valence-electron chi connectivity index (χ2n) is 8.39. The molecule has 7 nitrogen and oxygen atoms in total.